The lowest BCUT2D eigenvalue weighted by molar-refractivity contribution is -0.119. The minimum Gasteiger partial charge on any atom is -0.468 e. The Kier molecular flexibility index (Phi) is 4.41. The molecule has 122 valence electrons. The molecular weight excluding hydrogens is 292 g/mol. The number of hydrogen-bond acceptors (Lipinski definition) is 5. The van der Waals surface area contributed by atoms with Gasteiger partial charge in [0.1, 0.15) is 5.76 Å². The Hall–Kier alpha value is -1.69. The maximum Gasteiger partial charge on any atom is 0.117 e. The summed E-state index contributed by atoms with van der Waals surface area (Å²) in [4.78, 5) is 6.79. The van der Waals surface area contributed by atoms with Crippen LogP contribution in [-0.4, -0.2) is 41.3 Å². The van der Waals surface area contributed by atoms with Gasteiger partial charge in [0.15, 0.2) is 0 Å². The van der Waals surface area contributed by atoms with Crippen LogP contribution in [-0.2, 0) is 22.6 Å². The van der Waals surface area contributed by atoms with Crippen LogP contribution in [0.3, 0.4) is 0 Å². The largest absolute Gasteiger partial charge is 0.468 e. The second-order valence-electron chi connectivity index (χ2n) is 6.20. The summed E-state index contributed by atoms with van der Waals surface area (Å²) in [6.07, 6.45) is 6.00. The van der Waals surface area contributed by atoms with Gasteiger partial charge in [-0.1, -0.05) is 6.07 Å². The summed E-state index contributed by atoms with van der Waals surface area (Å²) >= 11 is 0. The molecule has 2 aliphatic rings. The van der Waals surface area contributed by atoms with Gasteiger partial charge in [-0.15, -0.1) is 0 Å². The fourth-order valence-electron chi connectivity index (χ4n) is 3.65. The fourth-order valence-corrected chi connectivity index (χ4v) is 3.65. The molecule has 0 N–H and O–H groups in total. The summed E-state index contributed by atoms with van der Waals surface area (Å²) in [5, 5.41) is 0. The minimum atomic E-state index is 0.154. The molecule has 1 aliphatic carbocycles. The fraction of sp³-hybridized carbons (Fsp3) is 0.500. The highest BCUT2D eigenvalue weighted by molar-refractivity contribution is 5.04. The molecule has 1 aliphatic heterocycles. The monoisotopic (exact) mass is 314 g/mol. The average molecular weight is 314 g/mol. The zero-order valence-corrected chi connectivity index (χ0v) is 13.1. The number of nitrogens with zero attached hydrogens (tertiary/aromatic N) is 2. The van der Waals surface area contributed by atoms with Crippen molar-refractivity contribution in [1.29, 1.82) is 0 Å². The third-order valence-electron chi connectivity index (χ3n) is 4.76. The van der Waals surface area contributed by atoms with E-state index in [1.165, 1.54) is 0 Å². The molecule has 4 rings (SSSR count). The molecule has 23 heavy (non-hydrogen) atoms. The Bertz CT molecular complexity index is 602. The highest BCUT2D eigenvalue weighted by atomic mass is 16.5. The smallest absolute Gasteiger partial charge is 0.117 e. The van der Waals surface area contributed by atoms with Crippen LogP contribution in [0.1, 0.15) is 24.3 Å². The van der Waals surface area contributed by atoms with Crippen LogP contribution in [0, 0.1) is 0 Å². The van der Waals surface area contributed by atoms with Crippen molar-refractivity contribution in [2.24, 2.45) is 0 Å². The molecule has 0 aromatic carbocycles. The molecule has 3 atom stereocenters. The summed E-state index contributed by atoms with van der Waals surface area (Å²) in [7, 11) is 0. The molecule has 3 heterocycles. The number of furan rings is 1. The van der Waals surface area contributed by atoms with Crippen molar-refractivity contribution in [3.8, 4) is 0 Å². The topological polar surface area (TPSA) is 47.7 Å². The second-order valence-corrected chi connectivity index (χ2v) is 6.20. The molecule has 2 aromatic rings. The number of aromatic nitrogens is 1. The summed E-state index contributed by atoms with van der Waals surface area (Å²) in [5.41, 5.74) is 0.971. The lowest BCUT2D eigenvalue weighted by Gasteiger charge is -2.38. The molecule has 2 aromatic heterocycles. The quantitative estimate of drug-likeness (QED) is 0.849. The number of hydrogen-bond donors (Lipinski definition) is 0. The Balaban J connectivity index is 1.37. The van der Waals surface area contributed by atoms with Crippen molar-refractivity contribution < 1.29 is 13.9 Å². The summed E-state index contributed by atoms with van der Waals surface area (Å²) in [5.74, 6) is 1.02. The summed E-state index contributed by atoms with van der Waals surface area (Å²) in [6, 6.07) is 10.3. The van der Waals surface area contributed by atoms with Crippen LogP contribution in [0.25, 0.3) is 0 Å². The van der Waals surface area contributed by atoms with Crippen LogP contribution >= 0.6 is 0 Å². The molecule has 0 radical (unpaired) electrons. The zero-order valence-electron chi connectivity index (χ0n) is 13.1. The van der Waals surface area contributed by atoms with E-state index < -0.39 is 0 Å². The van der Waals surface area contributed by atoms with Gasteiger partial charge < -0.3 is 13.9 Å². The highest BCUT2D eigenvalue weighted by Gasteiger charge is 2.43. The normalized spacial score (nSPS) is 27.9. The van der Waals surface area contributed by atoms with Gasteiger partial charge in [0, 0.05) is 18.8 Å². The van der Waals surface area contributed by atoms with Crippen molar-refractivity contribution in [3.05, 3.63) is 54.2 Å². The lowest BCUT2D eigenvalue weighted by atomic mass is 10.1. The Morgan fingerprint density at radius 3 is 3.04 bits per heavy atom. The first-order valence-corrected chi connectivity index (χ1v) is 8.30. The van der Waals surface area contributed by atoms with E-state index in [2.05, 4.69) is 9.88 Å². The molecule has 1 saturated heterocycles. The number of fused-ring (bicyclic) bond motifs is 1. The predicted molar refractivity (Wildman–Crippen MR) is 84.7 cm³/mol. The van der Waals surface area contributed by atoms with Crippen molar-refractivity contribution in [2.75, 3.05) is 13.2 Å². The number of pyridine rings is 1. The summed E-state index contributed by atoms with van der Waals surface area (Å²) in [6.45, 7) is 3.11. The minimum absolute atomic E-state index is 0.154. The van der Waals surface area contributed by atoms with Gasteiger partial charge in [-0.3, -0.25) is 9.88 Å². The molecule has 0 spiro atoms. The lowest BCUT2D eigenvalue weighted by Crippen LogP contribution is -2.51. The maximum absolute atomic E-state index is 6.10. The maximum atomic E-state index is 6.10. The van der Waals surface area contributed by atoms with E-state index >= 15 is 0 Å². The van der Waals surface area contributed by atoms with E-state index in [9.17, 15) is 0 Å². The van der Waals surface area contributed by atoms with Gasteiger partial charge in [-0.25, -0.2) is 0 Å². The molecule has 5 nitrogen and oxygen atoms in total. The first kappa shape index (κ1) is 14.9. The number of rotatable bonds is 5. The standard InChI is InChI=1S/C18H22N2O3/c1-2-8-19-14(4-1)13-23-17-7-6-16-18(17)22-11-9-20(16)12-15-5-3-10-21-15/h1-5,8,10,16-18H,6-7,9,11-13H2/t16-,17+,18+/m0/s1. The highest BCUT2D eigenvalue weighted by Crippen LogP contribution is 2.33. The van der Waals surface area contributed by atoms with Crippen molar-refractivity contribution >= 4 is 0 Å². The van der Waals surface area contributed by atoms with Crippen LogP contribution in [0.4, 0.5) is 0 Å². The third-order valence-corrected chi connectivity index (χ3v) is 4.76. The van der Waals surface area contributed by atoms with Gasteiger partial charge in [0.2, 0.25) is 0 Å². The van der Waals surface area contributed by atoms with E-state index in [1.807, 2.05) is 30.3 Å². The van der Waals surface area contributed by atoms with E-state index in [-0.39, 0.29) is 12.2 Å². The first-order valence-electron chi connectivity index (χ1n) is 8.30. The van der Waals surface area contributed by atoms with Crippen LogP contribution in [0.15, 0.2) is 47.2 Å². The van der Waals surface area contributed by atoms with Gasteiger partial charge in [0.05, 0.1) is 43.9 Å². The SMILES string of the molecule is c1ccc(CO[C@@H]2CC[C@H]3[C@H]2OCCN3Cc2ccco2)nc1. The van der Waals surface area contributed by atoms with Gasteiger partial charge in [-0.2, -0.15) is 0 Å². The summed E-state index contributed by atoms with van der Waals surface area (Å²) < 4.78 is 17.6. The van der Waals surface area contributed by atoms with E-state index in [1.54, 1.807) is 12.5 Å². The Labute approximate surface area is 136 Å². The van der Waals surface area contributed by atoms with Gasteiger partial charge >= 0.3 is 0 Å². The predicted octanol–water partition coefficient (Wildman–Crippen LogP) is 2.62. The van der Waals surface area contributed by atoms with Crippen molar-refractivity contribution in [3.63, 3.8) is 0 Å². The molecule has 1 saturated carbocycles. The van der Waals surface area contributed by atoms with Gasteiger partial charge in [-0.05, 0) is 37.1 Å². The third kappa shape index (κ3) is 3.32. The molecule has 5 heteroatoms. The van der Waals surface area contributed by atoms with Crippen LogP contribution in [0.2, 0.25) is 0 Å². The van der Waals surface area contributed by atoms with Crippen LogP contribution in [0.5, 0.6) is 0 Å². The molecule has 0 unspecified atom stereocenters. The average Bonchev–Trinajstić information content (AvgIpc) is 3.24. The second kappa shape index (κ2) is 6.83. The van der Waals surface area contributed by atoms with Crippen LogP contribution < -0.4 is 0 Å². The number of ether oxygens (including phenoxy) is 2. The molecule has 2 fully saturated rings. The molecular formula is C18H22N2O3. The molecule has 0 bridgehead atoms. The van der Waals surface area contributed by atoms with E-state index in [0.717, 1.165) is 44.0 Å². The zero-order chi connectivity index (χ0) is 15.5. The van der Waals surface area contributed by atoms with Crippen molar-refractivity contribution in [1.82, 2.24) is 9.88 Å². The number of morpholine rings is 1. The van der Waals surface area contributed by atoms with E-state index in [0.29, 0.717) is 12.6 Å². The Morgan fingerprint density at radius 1 is 1.22 bits per heavy atom. The molecule has 0 amide bonds. The van der Waals surface area contributed by atoms with Gasteiger partial charge in [0.25, 0.3) is 0 Å². The van der Waals surface area contributed by atoms with Crippen molar-refractivity contribution in [2.45, 2.75) is 44.2 Å². The first-order chi connectivity index (χ1) is 11.4. The van der Waals surface area contributed by atoms with E-state index in [4.69, 9.17) is 13.9 Å². The Morgan fingerprint density at radius 2 is 2.22 bits per heavy atom.